The Morgan fingerprint density at radius 3 is 1.90 bits per heavy atom. The summed E-state index contributed by atoms with van der Waals surface area (Å²) in [5, 5.41) is 22.4. The Hall–Kier alpha value is -3.14. The minimum absolute atomic E-state index is 0.000713. The van der Waals surface area contributed by atoms with Gasteiger partial charge in [-0.3, -0.25) is 14.4 Å². The average molecular weight is 591 g/mol. The first-order chi connectivity index (χ1) is 19.1. The number of amides is 4. The highest BCUT2D eigenvalue weighted by Crippen LogP contribution is 2.29. The van der Waals surface area contributed by atoms with E-state index in [0.29, 0.717) is 0 Å². The predicted octanol–water partition coefficient (Wildman–Crippen LogP) is 3.71. The molecule has 0 aliphatic rings. The van der Waals surface area contributed by atoms with Crippen LogP contribution in [-0.2, 0) is 25.5 Å². The lowest BCUT2D eigenvalue weighted by atomic mass is 9.77. The van der Waals surface area contributed by atoms with Gasteiger partial charge in [-0.1, -0.05) is 65.0 Å². The molecule has 1 aromatic rings. The Morgan fingerprint density at radius 1 is 0.857 bits per heavy atom. The molecule has 42 heavy (non-hydrogen) atoms. The summed E-state index contributed by atoms with van der Waals surface area (Å²) in [5.74, 6) is -1.98. The van der Waals surface area contributed by atoms with E-state index >= 15 is 0 Å². The van der Waals surface area contributed by atoms with Gasteiger partial charge in [0.15, 0.2) is 0 Å². The van der Waals surface area contributed by atoms with Crippen LogP contribution in [0.2, 0.25) is 0 Å². The standard InChI is InChI=1S/C32H54N4O6/c1-20(2)26(35-29(41)42-32(9,10)11)28(40)34-23(17-21-15-13-12-14-16-21)24(37)19-33-27(39)22(30(3,4)5)18-25(38)36-31(6,7)8/h12-16,20,22-24,26,37H,17-19H2,1-11H3,(H,33,39)(H,34,40)(H,35,41)(H,36,38)/t22-,23+,24+,26+/m1/s1. The fraction of sp³-hybridized carbons (Fsp3) is 0.688. The summed E-state index contributed by atoms with van der Waals surface area (Å²) in [7, 11) is 0. The molecule has 10 nitrogen and oxygen atoms in total. The molecular weight excluding hydrogens is 536 g/mol. The molecule has 0 fully saturated rings. The Kier molecular flexibility index (Phi) is 13.5. The van der Waals surface area contributed by atoms with Crippen LogP contribution >= 0.6 is 0 Å². The molecular formula is C32H54N4O6. The number of rotatable bonds is 12. The number of alkyl carbamates (subject to hydrolysis) is 1. The van der Waals surface area contributed by atoms with Gasteiger partial charge in [0.05, 0.1) is 18.1 Å². The second-order valence-corrected chi connectivity index (χ2v) is 14.4. The van der Waals surface area contributed by atoms with Crippen LogP contribution in [0.3, 0.4) is 0 Å². The minimum atomic E-state index is -1.16. The second-order valence-electron chi connectivity index (χ2n) is 14.4. The second kappa shape index (κ2) is 15.4. The number of nitrogens with one attached hydrogen (secondary N) is 4. The van der Waals surface area contributed by atoms with Crippen LogP contribution in [0.15, 0.2) is 30.3 Å². The number of hydrogen-bond donors (Lipinski definition) is 5. The van der Waals surface area contributed by atoms with Crippen LogP contribution in [-0.4, -0.2) is 64.8 Å². The molecule has 0 aliphatic heterocycles. The maximum absolute atomic E-state index is 13.4. The van der Waals surface area contributed by atoms with Gasteiger partial charge in [0.1, 0.15) is 11.6 Å². The number of hydrogen-bond acceptors (Lipinski definition) is 6. The van der Waals surface area contributed by atoms with Crippen molar-refractivity contribution in [3.05, 3.63) is 35.9 Å². The van der Waals surface area contributed by atoms with Gasteiger partial charge in [0, 0.05) is 18.5 Å². The molecule has 0 aliphatic carbocycles. The van der Waals surface area contributed by atoms with Crippen molar-refractivity contribution in [1.29, 1.82) is 0 Å². The third-order valence-corrected chi connectivity index (χ3v) is 6.46. The number of ether oxygens (including phenoxy) is 1. The van der Waals surface area contributed by atoms with E-state index in [1.807, 2.05) is 71.9 Å². The number of benzene rings is 1. The summed E-state index contributed by atoms with van der Waals surface area (Å²) in [4.78, 5) is 51.7. The van der Waals surface area contributed by atoms with E-state index in [0.717, 1.165) is 5.56 Å². The molecule has 1 rings (SSSR count). The molecule has 0 aromatic heterocycles. The van der Waals surface area contributed by atoms with Gasteiger partial charge in [0.25, 0.3) is 0 Å². The lowest BCUT2D eigenvalue weighted by Gasteiger charge is -2.32. The Balaban J connectivity index is 3.08. The third kappa shape index (κ3) is 14.2. The molecule has 0 unspecified atom stereocenters. The van der Waals surface area contributed by atoms with E-state index in [9.17, 15) is 24.3 Å². The van der Waals surface area contributed by atoms with Crippen molar-refractivity contribution in [2.75, 3.05) is 6.54 Å². The SMILES string of the molecule is CC(C)[C@H](NC(=O)OC(C)(C)C)C(=O)N[C@@H](Cc1ccccc1)[C@@H](O)CNC(=O)[C@@H](CC(=O)NC(C)(C)C)C(C)(C)C. The number of carbonyl (C=O) groups excluding carboxylic acids is 4. The van der Waals surface area contributed by atoms with Gasteiger partial charge in [-0.15, -0.1) is 0 Å². The van der Waals surface area contributed by atoms with Crippen molar-refractivity contribution in [2.45, 2.75) is 118 Å². The molecule has 0 saturated carbocycles. The monoisotopic (exact) mass is 590 g/mol. The summed E-state index contributed by atoms with van der Waals surface area (Å²) in [5.41, 5.74) is -0.799. The number of aliphatic hydroxyl groups excluding tert-OH is 1. The van der Waals surface area contributed by atoms with E-state index in [2.05, 4.69) is 21.3 Å². The minimum Gasteiger partial charge on any atom is -0.444 e. The fourth-order valence-electron chi connectivity index (χ4n) is 4.31. The Bertz CT molecular complexity index is 1040. The van der Waals surface area contributed by atoms with Crippen molar-refractivity contribution in [1.82, 2.24) is 21.3 Å². The molecule has 5 N–H and O–H groups in total. The zero-order chi connectivity index (χ0) is 32.5. The maximum atomic E-state index is 13.4. The lowest BCUT2D eigenvalue weighted by Crippen LogP contribution is -2.57. The van der Waals surface area contributed by atoms with E-state index in [1.165, 1.54) is 0 Å². The van der Waals surface area contributed by atoms with E-state index in [1.54, 1.807) is 34.6 Å². The highest BCUT2D eigenvalue weighted by atomic mass is 16.6. The van der Waals surface area contributed by atoms with E-state index in [4.69, 9.17) is 4.74 Å². The van der Waals surface area contributed by atoms with Crippen molar-refractivity contribution >= 4 is 23.8 Å². The topological polar surface area (TPSA) is 146 Å². The van der Waals surface area contributed by atoms with Gasteiger partial charge in [0.2, 0.25) is 17.7 Å². The molecule has 4 atom stereocenters. The first-order valence-electron chi connectivity index (χ1n) is 14.7. The zero-order valence-electron chi connectivity index (χ0n) is 27.4. The van der Waals surface area contributed by atoms with Crippen molar-refractivity contribution in [3.8, 4) is 0 Å². The molecule has 1 aromatic carbocycles. The van der Waals surface area contributed by atoms with Gasteiger partial charge < -0.3 is 31.1 Å². The van der Waals surface area contributed by atoms with Gasteiger partial charge >= 0.3 is 6.09 Å². The van der Waals surface area contributed by atoms with Crippen LogP contribution < -0.4 is 21.3 Å². The molecule has 0 heterocycles. The van der Waals surface area contributed by atoms with Crippen LogP contribution in [0.1, 0.15) is 88.1 Å². The predicted molar refractivity (Wildman–Crippen MR) is 165 cm³/mol. The van der Waals surface area contributed by atoms with Crippen molar-refractivity contribution in [2.24, 2.45) is 17.3 Å². The van der Waals surface area contributed by atoms with Crippen LogP contribution in [0.25, 0.3) is 0 Å². The highest BCUT2D eigenvalue weighted by Gasteiger charge is 2.35. The normalized spacial score (nSPS) is 15.2. The van der Waals surface area contributed by atoms with Crippen LogP contribution in [0, 0.1) is 17.3 Å². The summed E-state index contributed by atoms with van der Waals surface area (Å²) in [6.45, 7) is 20.0. The van der Waals surface area contributed by atoms with E-state index < -0.39 is 52.7 Å². The summed E-state index contributed by atoms with van der Waals surface area (Å²) >= 11 is 0. The maximum Gasteiger partial charge on any atom is 0.408 e. The fourth-order valence-corrected chi connectivity index (χ4v) is 4.31. The molecule has 4 amide bonds. The van der Waals surface area contributed by atoms with Crippen LogP contribution in [0.5, 0.6) is 0 Å². The lowest BCUT2D eigenvalue weighted by molar-refractivity contribution is -0.134. The molecule has 0 bridgehead atoms. The molecule has 238 valence electrons. The average Bonchev–Trinajstić information content (AvgIpc) is 2.81. The number of carbonyl (C=O) groups is 4. The summed E-state index contributed by atoms with van der Waals surface area (Å²) < 4.78 is 5.33. The zero-order valence-corrected chi connectivity index (χ0v) is 27.4. The molecule has 0 spiro atoms. The largest absolute Gasteiger partial charge is 0.444 e. The van der Waals surface area contributed by atoms with Crippen LogP contribution in [0.4, 0.5) is 4.79 Å². The molecule has 0 saturated heterocycles. The molecule has 0 radical (unpaired) electrons. The third-order valence-electron chi connectivity index (χ3n) is 6.46. The quantitative estimate of drug-likeness (QED) is 0.251. The highest BCUT2D eigenvalue weighted by molar-refractivity contribution is 5.87. The van der Waals surface area contributed by atoms with Gasteiger partial charge in [-0.05, 0) is 64.9 Å². The first kappa shape index (κ1) is 36.9. The summed E-state index contributed by atoms with van der Waals surface area (Å²) in [6.07, 6.45) is -1.58. The van der Waals surface area contributed by atoms with Gasteiger partial charge in [-0.2, -0.15) is 0 Å². The van der Waals surface area contributed by atoms with Gasteiger partial charge in [-0.25, -0.2) is 4.79 Å². The smallest absolute Gasteiger partial charge is 0.408 e. The Morgan fingerprint density at radius 2 is 1.43 bits per heavy atom. The van der Waals surface area contributed by atoms with Crippen molar-refractivity contribution < 1.29 is 29.0 Å². The van der Waals surface area contributed by atoms with E-state index in [-0.39, 0.29) is 37.1 Å². The van der Waals surface area contributed by atoms with Crippen molar-refractivity contribution in [3.63, 3.8) is 0 Å². The Labute approximate surface area is 252 Å². The summed E-state index contributed by atoms with van der Waals surface area (Å²) in [6, 6.07) is 7.67. The molecule has 10 heteroatoms. The first-order valence-corrected chi connectivity index (χ1v) is 14.7. The number of aliphatic hydroxyl groups is 1.